The second-order valence-electron chi connectivity index (χ2n) is 3.98. The number of rotatable bonds is 3. The van der Waals surface area contributed by atoms with Gasteiger partial charge in [0, 0.05) is 19.1 Å². The van der Waals surface area contributed by atoms with Gasteiger partial charge in [-0.05, 0) is 31.8 Å². The number of likely N-dealkylation sites (tertiary alicyclic amines) is 1. The van der Waals surface area contributed by atoms with Crippen LogP contribution in [0.4, 0.5) is 0 Å². The molecule has 0 aromatic heterocycles. The van der Waals surface area contributed by atoms with Crippen molar-refractivity contribution in [1.29, 1.82) is 0 Å². The minimum atomic E-state index is 0.165. The lowest BCUT2D eigenvalue weighted by Gasteiger charge is -2.31. The lowest BCUT2D eigenvalue weighted by atomic mass is 9.99. The van der Waals surface area contributed by atoms with Crippen LogP contribution in [-0.2, 0) is 0 Å². The molecule has 0 aliphatic carbocycles. The Kier molecular flexibility index (Phi) is 3.98. The lowest BCUT2D eigenvalue weighted by Crippen LogP contribution is -2.44. The number of piperidine rings is 1. The molecular formula is C9H21N3. The Morgan fingerprint density at radius 2 is 2.00 bits per heavy atom. The predicted octanol–water partition coefficient (Wildman–Crippen LogP) is 0.00430. The second kappa shape index (κ2) is 4.80. The highest BCUT2D eigenvalue weighted by atomic mass is 15.1. The molecule has 1 aliphatic heterocycles. The van der Waals surface area contributed by atoms with Crippen LogP contribution in [0.5, 0.6) is 0 Å². The van der Waals surface area contributed by atoms with Gasteiger partial charge in [-0.1, -0.05) is 6.92 Å². The maximum Gasteiger partial charge on any atom is 0.0292 e. The summed E-state index contributed by atoms with van der Waals surface area (Å²) in [5, 5.41) is 0. The van der Waals surface area contributed by atoms with Gasteiger partial charge in [-0.3, -0.25) is 0 Å². The highest BCUT2D eigenvalue weighted by Gasteiger charge is 2.16. The fourth-order valence-corrected chi connectivity index (χ4v) is 1.65. The first-order valence-electron chi connectivity index (χ1n) is 4.90. The molecule has 0 saturated carbocycles. The molecule has 1 heterocycles. The minimum absolute atomic E-state index is 0.165. The molecule has 4 N–H and O–H groups in total. The van der Waals surface area contributed by atoms with Crippen LogP contribution in [0.2, 0.25) is 0 Å². The third-order valence-electron chi connectivity index (χ3n) is 2.67. The van der Waals surface area contributed by atoms with Crippen molar-refractivity contribution in [2.45, 2.75) is 25.8 Å². The van der Waals surface area contributed by atoms with Gasteiger partial charge < -0.3 is 16.4 Å². The molecule has 1 aliphatic rings. The van der Waals surface area contributed by atoms with Gasteiger partial charge in [-0.2, -0.15) is 0 Å². The molecule has 3 heteroatoms. The smallest absolute Gasteiger partial charge is 0.0292 e. The normalized spacial score (nSPS) is 24.2. The van der Waals surface area contributed by atoms with Crippen molar-refractivity contribution < 1.29 is 0 Å². The molecule has 1 saturated heterocycles. The zero-order chi connectivity index (χ0) is 8.97. The number of nitrogens with zero attached hydrogens (tertiary/aromatic N) is 1. The Bertz CT molecular complexity index is 119. The van der Waals surface area contributed by atoms with Crippen LogP contribution < -0.4 is 11.5 Å². The molecule has 1 rings (SSSR count). The quantitative estimate of drug-likeness (QED) is 0.628. The van der Waals surface area contributed by atoms with Gasteiger partial charge in [0.25, 0.3) is 0 Å². The summed E-state index contributed by atoms with van der Waals surface area (Å²) in [6.45, 7) is 6.30. The number of hydrogen-bond donors (Lipinski definition) is 2. The van der Waals surface area contributed by atoms with Crippen LogP contribution in [0.1, 0.15) is 19.8 Å². The monoisotopic (exact) mass is 171 g/mol. The molecule has 0 spiro atoms. The molecule has 0 aromatic rings. The molecule has 0 radical (unpaired) electrons. The van der Waals surface area contributed by atoms with E-state index < -0.39 is 0 Å². The summed E-state index contributed by atoms with van der Waals surface area (Å²) < 4.78 is 0. The van der Waals surface area contributed by atoms with Crippen LogP contribution in [0.25, 0.3) is 0 Å². The van der Waals surface area contributed by atoms with Gasteiger partial charge >= 0.3 is 0 Å². The summed E-state index contributed by atoms with van der Waals surface area (Å²) in [5.74, 6) is 0.898. The minimum Gasteiger partial charge on any atom is -0.329 e. The Hall–Kier alpha value is -0.120. The van der Waals surface area contributed by atoms with Crippen molar-refractivity contribution in [3.8, 4) is 0 Å². The first-order valence-corrected chi connectivity index (χ1v) is 4.90. The SMILES string of the molecule is CC1CCN(CC(N)CN)CC1. The largest absolute Gasteiger partial charge is 0.329 e. The van der Waals surface area contributed by atoms with E-state index in [0.29, 0.717) is 6.54 Å². The van der Waals surface area contributed by atoms with Gasteiger partial charge in [-0.15, -0.1) is 0 Å². The first-order chi connectivity index (χ1) is 5.72. The zero-order valence-corrected chi connectivity index (χ0v) is 8.00. The van der Waals surface area contributed by atoms with E-state index in [1.54, 1.807) is 0 Å². The van der Waals surface area contributed by atoms with Crippen LogP contribution in [0.15, 0.2) is 0 Å². The fraction of sp³-hybridized carbons (Fsp3) is 1.00. The van der Waals surface area contributed by atoms with Crippen LogP contribution in [0.3, 0.4) is 0 Å². The van der Waals surface area contributed by atoms with Crippen molar-refractivity contribution in [3.63, 3.8) is 0 Å². The van der Waals surface area contributed by atoms with Gasteiger partial charge in [0.1, 0.15) is 0 Å². The molecule has 1 unspecified atom stereocenters. The maximum atomic E-state index is 5.77. The maximum absolute atomic E-state index is 5.77. The molecule has 12 heavy (non-hydrogen) atoms. The Morgan fingerprint density at radius 3 is 2.50 bits per heavy atom. The molecule has 0 amide bonds. The van der Waals surface area contributed by atoms with Crippen LogP contribution in [0, 0.1) is 5.92 Å². The molecule has 0 bridgehead atoms. The van der Waals surface area contributed by atoms with E-state index in [1.165, 1.54) is 25.9 Å². The summed E-state index contributed by atoms with van der Waals surface area (Å²) in [7, 11) is 0. The topological polar surface area (TPSA) is 55.3 Å². The third kappa shape index (κ3) is 3.09. The molecule has 1 atom stereocenters. The molecule has 0 aromatic carbocycles. The highest BCUT2D eigenvalue weighted by Crippen LogP contribution is 2.15. The molecule has 1 fully saturated rings. The Balaban J connectivity index is 2.17. The summed E-state index contributed by atoms with van der Waals surface area (Å²) >= 11 is 0. The lowest BCUT2D eigenvalue weighted by molar-refractivity contribution is 0.184. The van der Waals surface area contributed by atoms with Gasteiger partial charge in [0.15, 0.2) is 0 Å². The predicted molar refractivity (Wildman–Crippen MR) is 51.9 cm³/mol. The van der Waals surface area contributed by atoms with Crippen molar-refractivity contribution >= 4 is 0 Å². The summed E-state index contributed by atoms with van der Waals surface area (Å²) in [4.78, 5) is 2.43. The molecular weight excluding hydrogens is 150 g/mol. The van der Waals surface area contributed by atoms with Gasteiger partial charge in [0.05, 0.1) is 0 Å². The van der Waals surface area contributed by atoms with E-state index in [4.69, 9.17) is 11.5 Å². The number of nitrogens with two attached hydrogens (primary N) is 2. The van der Waals surface area contributed by atoms with E-state index >= 15 is 0 Å². The highest BCUT2D eigenvalue weighted by molar-refractivity contribution is 4.74. The third-order valence-corrected chi connectivity index (χ3v) is 2.67. The first kappa shape index (κ1) is 9.96. The average Bonchev–Trinajstić information content (AvgIpc) is 2.09. The average molecular weight is 171 g/mol. The summed E-state index contributed by atoms with van der Waals surface area (Å²) in [6, 6.07) is 0.165. The second-order valence-corrected chi connectivity index (χ2v) is 3.98. The molecule has 72 valence electrons. The van der Waals surface area contributed by atoms with E-state index in [2.05, 4.69) is 11.8 Å². The molecule has 3 nitrogen and oxygen atoms in total. The van der Waals surface area contributed by atoms with Gasteiger partial charge in [0.2, 0.25) is 0 Å². The van der Waals surface area contributed by atoms with Gasteiger partial charge in [-0.25, -0.2) is 0 Å². The van der Waals surface area contributed by atoms with Crippen LogP contribution >= 0.6 is 0 Å². The fourth-order valence-electron chi connectivity index (χ4n) is 1.65. The number of hydrogen-bond acceptors (Lipinski definition) is 3. The van der Waals surface area contributed by atoms with Crippen molar-refractivity contribution in [3.05, 3.63) is 0 Å². The van der Waals surface area contributed by atoms with Crippen molar-refractivity contribution in [2.24, 2.45) is 17.4 Å². The van der Waals surface area contributed by atoms with E-state index in [-0.39, 0.29) is 6.04 Å². The summed E-state index contributed by atoms with van der Waals surface area (Å²) in [6.07, 6.45) is 2.63. The Labute approximate surface area is 75.1 Å². The van der Waals surface area contributed by atoms with E-state index in [9.17, 15) is 0 Å². The zero-order valence-electron chi connectivity index (χ0n) is 8.00. The summed E-state index contributed by atoms with van der Waals surface area (Å²) in [5.41, 5.74) is 11.2. The van der Waals surface area contributed by atoms with Crippen molar-refractivity contribution in [1.82, 2.24) is 4.90 Å². The van der Waals surface area contributed by atoms with E-state index in [0.717, 1.165) is 12.5 Å². The van der Waals surface area contributed by atoms with Crippen molar-refractivity contribution in [2.75, 3.05) is 26.2 Å². The Morgan fingerprint density at radius 1 is 1.42 bits per heavy atom. The van der Waals surface area contributed by atoms with Crippen LogP contribution in [-0.4, -0.2) is 37.1 Å². The standard InChI is InChI=1S/C9H21N3/c1-8-2-4-12(5-3-8)7-9(11)6-10/h8-9H,2-7,10-11H2,1H3. The van der Waals surface area contributed by atoms with E-state index in [1.807, 2.05) is 0 Å².